The molecule has 3 aromatic carbocycles. The topological polar surface area (TPSA) is 93.1 Å². The van der Waals surface area contributed by atoms with Crippen LogP contribution < -0.4 is 9.47 Å². The van der Waals surface area contributed by atoms with Gasteiger partial charge in [0.1, 0.15) is 11.5 Å². The van der Waals surface area contributed by atoms with Crippen molar-refractivity contribution in [1.29, 1.82) is 0 Å². The maximum atomic E-state index is 11.6. The Balaban J connectivity index is 0.000000616. The van der Waals surface area contributed by atoms with E-state index >= 15 is 0 Å². The Kier molecular flexibility index (Phi) is 11.4. The lowest BCUT2D eigenvalue weighted by Crippen LogP contribution is -2.35. The molecule has 0 saturated carbocycles. The van der Waals surface area contributed by atoms with E-state index in [1.165, 1.54) is 11.8 Å². The van der Waals surface area contributed by atoms with Crippen molar-refractivity contribution in [2.24, 2.45) is 5.92 Å². The highest BCUT2D eigenvalue weighted by atomic mass is 32.2. The van der Waals surface area contributed by atoms with Crippen LogP contribution in [-0.2, 0) is 21.2 Å². The van der Waals surface area contributed by atoms with E-state index < -0.39 is 22.0 Å². The average Bonchev–Trinajstić information content (AvgIpc) is 2.93. The fourth-order valence-electron chi connectivity index (χ4n) is 4.37. The van der Waals surface area contributed by atoms with Gasteiger partial charge in [0.15, 0.2) is 9.84 Å². The fourth-order valence-corrected chi connectivity index (χ4v) is 5.00. The second-order valence-electron chi connectivity index (χ2n) is 10.5. The quantitative estimate of drug-likeness (QED) is 0.298. The predicted octanol–water partition coefficient (Wildman–Crippen LogP) is 6.47. The van der Waals surface area contributed by atoms with Crippen LogP contribution in [0.2, 0.25) is 0 Å². The zero-order valence-corrected chi connectivity index (χ0v) is 24.6. The smallest absolute Gasteiger partial charge is 0.490 e. The number of sulfone groups is 1. The Labute approximate surface area is 244 Å². The van der Waals surface area contributed by atoms with Crippen LogP contribution in [0.4, 0.5) is 13.2 Å². The summed E-state index contributed by atoms with van der Waals surface area (Å²) in [7, 11) is -3.18. The van der Waals surface area contributed by atoms with Gasteiger partial charge in [-0.05, 0) is 98.8 Å². The largest absolute Gasteiger partial charge is 0.493 e. The van der Waals surface area contributed by atoms with Gasteiger partial charge in [-0.15, -0.1) is 0 Å². The number of aliphatic carboxylic acids is 1. The van der Waals surface area contributed by atoms with Gasteiger partial charge >= 0.3 is 12.1 Å². The van der Waals surface area contributed by atoms with E-state index in [4.69, 9.17) is 19.4 Å². The van der Waals surface area contributed by atoms with Crippen molar-refractivity contribution in [2.75, 3.05) is 26.0 Å². The van der Waals surface area contributed by atoms with Crippen LogP contribution in [0.5, 0.6) is 11.5 Å². The van der Waals surface area contributed by atoms with Gasteiger partial charge in [-0.1, -0.05) is 36.4 Å². The average molecular weight is 608 g/mol. The second kappa shape index (κ2) is 14.6. The molecule has 1 aliphatic rings. The van der Waals surface area contributed by atoms with Gasteiger partial charge < -0.3 is 14.6 Å². The highest BCUT2D eigenvalue weighted by molar-refractivity contribution is 7.90. The molecular weight excluding hydrogens is 571 g/mol. The number of carbonyl (C=O) groups is 1. The van der Waals surface area contributed by atoms with Gasteiger partial charge in [-0.25, -0.2) is 13.2 Å². The first-order valence-electron chi connectivity index (χ1n) is 13.5. The van der Waals surface area contributed by atoms with Gasteiger partial charge in [-0.3, -0.25) is 4.90 Å². The first-order chi connectivity index (χ1) is 19.7. The molecule has 1 aliphatic heterocycles. The van der Waals surface area contributed by atoms with Gasteiger partial charge in [0.25, 0.3) is 0 Å². The van der Waals surface area contributed by atoms with Crippen LogP contribution in [-0.4, -0.2) is 62.6 Å². The third-order valence-electron chi connectivity index (χ3n) is 6.61. The molecule has 1 N–H and O–H groups in total. The van der Waals surface area contributed by atoms with Crippen LogP contribution in [0.3, 0.4) is 0 Å². The molecule has 0 bridgehead atoms. The number of carboxylic acid groups (broad SMARTS) is 1. The van der Waals surface area contributed by atoms with E-state index in [0.29, 0.717) is 10.8 Å². The van der Waals surface area contributed by atoms with Crippen LogP contribution in [0.1, 0.15) is 32.3 Å². The van der Waals surface area contributed by atoms with Crippen LogP contribution >= 0.6 is 0 Å². The monoisotopic (exact) mass is 607 g/mol. The SMILES string of the molecule is CC(C)Oc1ccc(CN2CCC(COc3ccc(-c4ccc(S(C)(=O)=O)cc4)cc3)CC2)cc1.O=C(O)C(F)(F)F. The Morgan fingerprint density at radius 1 is 0.905 bits per heavy atom. The zero-order valence-electron chi connectivity index (χ0n) is 23.8. The molecule has 11 heteroatoms. The summed E-state index contributed by atoms with van der Waals surface area (Å²) in [4.78, 5) is 11.7. The Hall–Kier alpha value is -3.57. The van der Waals surface area contributed by atoms with Crippen LogP contribution in [0.25, 0.3) is 11.1 Å². The van der Waals surface area contributed by atoms with E-state index in [9.17, 15) is 21.6 Å². The number of piperidine rings is 1. The Morgan fingerprint density at radius 2 is 1.38 bits per heavy atom. The van der Waals surface area contributed by atoms with E-state index in [0.717, 1.165) is 61.7 Å². The lowest BCUT2D eigenvalue weighted by molar-refractivity contribution is -0.192. The lowest BCUT2D eigenvalue weighted by Gasteiger charge is -2.31. The number of hydrogen-bond acceptors (Lipinski definition) is 6. The molecule has 7 nitrogen and oxygen atoms in total. The van der Waals surface area contributed by atoms with Gasteiger partial charge in [0.05, 0.1) is 17.6 Å². The van der Waals surface area contributed by atoms with Crippen molar-refractivity contribution in [3.05, 3.63) is 78.4 Å². The minimum Gasteiger partial charge on any atom is -0.493 e. The summed E-state index contributed by atoms with van der Waals surface area (Å²) in [6.07, 6.45) is -1.39. The number of hydrogen-bond donors (Lipinski definition) is 1. The molecule has 1 saturated heterocycles. The van der Waals surface area contributed by atoms with Crippen LogP contribution in [0, 0.1) is 5.92 Å². The van der Waals surface area contributed by atoms with Crippen molar-refractivity contribution in [3.8, 4) is 22.6 Å². The van der Waals surface area contributed by atoms with E-state index in [2.05, 4.69) is 29.2 Å². The molecule has 0 spiro atoms. The van der Waals surface area contributed by atoms with Gasteiger partial charge in [0, 0.05) is 12.8 Å². The van der Waals surface area contributed by atoms with Gasteiger partial charge in [-0.2, -0.15) is 13.2 Å². The third-order valence-corrected chi connectivity index (χ3v) is 7.74. The normalized spacial score (nSPS) is 14.6. The van der Waals surface area contributed by atoms with Crippen molar-refractivity contribution in [2.45, 2.75) is 50.4 Å². The molecule has 0 aromatic heterocycles. The summed E-state index contributed by atoms with van der Waals surface area (Å²) in [5, 5.41) is 7.12. The molecule has 0 amide bonds. The molecule has 42 heavy (non-hydrogen) atoms. The molecule has 0 atom stereocenters. The fraction of sp³-hybridized carbons (Fsp3) is 0.387. The summed E-state index contributed by atoms with van der Waals surface area (Å²) in [5.41, 5.74) is 3.34. The summed E-state index contributed by atoms with van der Waals surface area (Å²) in [5.74, 6) is -0.395. The van der Waals surface area contributed by atoms with Crippen molar-refractivity contribution >= 4 is 15.8 Å². The predicted molar refractivity (Wildman–Crippen MR) is 154 cm³/mol. The number of rotatable bonds is 9. The minimum atomic E-state index is -5.08. The summed E-state index contributed by atoms with van der Waals surface area (Å²) in [6, 6.07) is 23.4. The summed E-state index contributed by atoms with van der Waals surface area (Å²) in [6.45, 7) is 7.96. The van der Waals surface area contributed by atoms with Crippen molar-refractivity contribution < 1.29 is 41.0 Å². The van der Waals surface area contributed by atoms with Crippen molar-refractivity contribution in [3.63, 3.8) is 0 Å². The summed E-state index contributed by atoms with van der Waals surface area (Å²) >= 11 is 0. The lowest BCUT2D eigenvalue weighted by atomic mass is 9.97. The maximum absolute atomic E-state index is 11.6. The minimum absolute atomic E-state index is 0.196. The highest BCUT2D eigenvalue weighted by Crippen LogP contribution is 2.26. The number of halogens is 3. The molecule has 1 heterocycles. The molecule has 3 aromatic rings. The standard InChI is InChI=1S/C29H35NO4S.C2HF3O2/c1-22(2)34-28-10-4-23(5-11-28)20-30-18-16-24(17-19-30)21-33-27-12-6-25(7-13-27)26-8-14-29(15-9-26)35(3,31)32;3-2(4,5)1(6)7/h4-15,22,24H,16-21H2,1-3H3;(H,6,7). The first kappa shape index (κ1) is 32.9. The number of alkyl halides is 3. The van der Waals surface area contributed by atoms with E-state index in [1.54, 1.807) is 12.1 Å². The van der Waals surface area contributed by atoms with E-state index in [1.807, 2.05) is 50.2 Å². The summed E-state index contributed by atoms with van der Waals surface area (Å²) < 4.78 is 66.8. The van der Waals surface area contributed by atoms with Crippen LogP contribution in [0.15, 0.2) is 77.7 Å². The Morgan fingerprint density at radius 3 is 1.83 bits per heavy atom. The number of nitrogens with zero attached hydrogens (tertiary/aromatic N) is 1. The van der Waals surface area contributed by atoms with E-state index in [-0.39, 0.29) is 6.10 Å². The number of carboxylic acids is 1. The number of benzene rings is 3. The Bertz CT molecular complexity index is 1380. The third kappa shape index (κ3) is 10.7. The number of ether oxygens (including phenoxy) is 2. The molecule has 0 aliphatic carbocycles. The zero-order chi connectivity index (χ0) is 30.9. The second-order valence-corrected chi connectivity index (χ2v) is 12.5. The first-order valence-corrected chi connectivity index (χ1v) is 15.4. The van der Waals surface area contributed by atoms with Gasteiger partial charge in [0.2, 0.25) is 0 Å². The highest BCUT2D eigenvalue weighted by Gasteiger charge is 2.38. The molecule has 0 unspecified atom stereocenters. The molecular formula is C31H36F3NO6S. The molecule has 0 radical (unpaired) electrons. The molecule has 1 fully saturated rings. The number of likely N-dealkylation sites (tertiary alicyclic amines) is 1. The molecule has 4 rings (SSSR count). The maximum Gasteiger partial charge on any atom is 0.490 e. The molecule has 228 valence electrons. The van der Waals surface area contributed by atoms with Crippen molar-refractivity contribution in [1.82, 2.24) is 4.90 Å².